The highest BCUT2D eigenvalue weighted by Gasteiger charge is 2.14. The van der Waals surface area contributed by atoms with E-state index >= 15 is 0 Å². The minimum absolute atomic E-state index is 0.127. The molecular formula is C9H8BrN3O2. The summed E-state index contributed by atoms with van der Waals surface area (Å²) in [6.07, 6.45) is 2.22. The summed E-state index contributed by atoms with van der Waals surface area (Å²) >= 11 is 3.27. The van der Waals surface area contributed by atoms with Crippen molar-refractivity contribution in [3.8, 4) is 0 Å². The summed E-state index contributed by atoms with van der Waals surface area (Å²) in [5.41, 5.74) is 1.40. The monoisotopic (exact) mass is 269 g/mol. The lowest BCUT2D eigenvalue weighted by Crippen LogP contribution is -2.09. The molecule has 2 aromatic heterocycles. The highest BCUT2D eigenvalue weighted by molar-refractivity contribution is 9.10. The van der Waals surface area contributed by atoms with Crippen LogP contribution in [0.3, 0.4) is 0 Å². The molecule has 0 saturated heterocycles. The van der Waals surface area contributed by atoms with Crippen LogP contribution in [-0.4, -0.2) is 25.7 Å². The number of aryl methyl sites for hydroxylation is 1. The van der Waals surface area contributed by atoms with Gasteiger partial charge in [0.15, 0.2) is 11.3 Å². The Bertz CT molecular complexity index is 535. The number of halogens is 1. The molecule has 78 valence electrons. The molecule has 2 rings (SSSR count). The zero-order valence-electron chi connectivity index (χ0n) is 7.94. The Balaban J connectivity index is 2.82. The normalized spacial score (nSPS) is 10.8. The fourth-order valence-corrected chi connectivity index (χ4v) is 1.67. The minimum atomic E-state index is -1.01. The Labute approximate surface area is 93.9 Å². The number of hydrogen-bond acceptors (Lipinski definition) is 3. The van der Waals surface area contributed by atoms with Crippen molar-refractivity contribution in [2.45, 2.75) is 13.3 Å². The second kappa shape index (κ2) is 3.62. The fourth-order valence-electron chi connectivity index (χ4n) is 1.32. The lowest BCUT2D eigenvalue weighted by atomic mass is 10.2. The van der Waals surface area contributed by atoms with Crippen LogP contribution in [0.5, 0.6) is 0 Å². The molecule has 0 spiro atoms. The smallest absolute Gasteiger partial charge is 0.354 e. The van der Waals surface area contributed by atoms with Gasteiger partial charge in [-0.05, 0) is 28.4 Å². The fraction of sp³-hybridized carbons (Fsp3) is 0.222. The van der Waals surface area contributed by atoms with E-state index in [0.717, 1.165) is 5.69 Å². The lowest BCUT2D eigenvalue weighted by Gasteiger charge is -2.02. The molecule has 0 aliphatic rings. The Morgan fingerprint density at radius 2 is 2.40 bits per heavy atom. The van der Waals surface area contributed by atoms with Gasteiger partial charge in [-0.15, -0.1) is 0 Å². The molecule has 0 radical (unpaired) electrons. The van der Waals surface area contributed by atoms with Crippen molar-refractivity contribution in [1.29, 1.82) is 0 Å². The molecule has 0 aromatic carbocycles. The van der Waals surface area contributed by atoms with Crippen molar-refractivity contribution in [1.82, 2.24) is 14.6 Å². The Morgan fingerprint density at radius 1 is 1.67 bits per heavy atom. The van der Waals surface area contributed by atoms with E-state index in [0.29, 0.717) is 16.5 Å². The number of nitrogens with zero attached hydrogens (tertiary/aromatic N) is 3. The number of aromatic nitrogens is 3. The predicted molar refractivity (Wildman–Crippen MR) is 57.0 cm³/mol. The molecule has 0 fully saturated rings. The van der Waals surface area contributed by atoms with Gasteiger partial charge in [-0.3, -0.25) is 0 Å². The van der Waals surface area contributed by atoms with E-state index in [9.17, 15) is 4.79 Å². The zero-order valence-corrected chi connectivity index (χ0v) is 9.52. The molecule has 2 aromatic rings. The van der Waals surface area contributed by atoms with Crippen molar-refractivity contribution in [3.05, 3.63) is 28.1 Å². The van der Waals surface area contributed by atoms with Gasteiger partial charge in [0.1, 0.15) is 0 Å². The zero-order chi connectivity index (χ0) is 11.0. The molecule has 0 bridgehead atoms. The Morgan fingerprint density at radius 3 is 3.00 bits per heavy atom. The summed E-state index contributed by atoms with van der Waals surface area (Å²) in [4.78, 5) is 15.3. The highest BCUT2D eigenvalue weighted by atomic mass is 79.9. The number of hydrogen-bond donors (Lipinski definition) is 1. The molecule has 0 atom stereocenters. The summed E-state index contributed by atoms with van der Waals surface area (Å²) in [5.74, 6) is -1.01. The van der Waals surface area contributed by atoms with Crippen LogP contribution in [0.4, 0.5) is 0 Å². The molecule has 0 unspecified atom stereocenters. The highest BCUT2D eigenvalue weighted by Crippen LogP contribution is 2.17. The minimum Gasteiger partial charge on any atom is -0.477 e. The Hall–Kier alpha value is -1.43. The standard InChI is InChI=1S/C9H8BrN3O2/c1-2-5-3-7(9(14)15)13-8(12-5)6(10)4-11-13/h3-4H,2H2,1H3,(H,14,15). The number of rotatable bonds is 2. The van der Waals surface area contributed by atoms with Crippen LogP contribution < -0.4 is 0 Å². The summed E-state index contributed by atoms with van der Waals surface area (Å²) < 4.78 is 2.01. The van der Waals surface area contributed by atoms with E-state index in [1.165, 1.54) is 16.8 Å². The molecule has 5 nitrogen and oxygen atoms in total. The van der Waals surface area contributed by atoms with Gasteiger partial charge in [-0.1, -0.05) is 6.92 Å². The third kappa shape index (κ3) is 1.61. The molecule has 1 N–H and O–H groups in total. The lowest BCUT2D eigenvalue weighted by molar-refractivity contribution is 0.0687. The maximum Gasteiger partial charge on any atom is 0.354 e. The maximum absolute atomic E-state index is 11.0. The first kappa shape index (κ1) is 10.1. The van der Waals surface area contributed by atoms with E-state index in [1.807, 2.05) is 6.92 Å². The second-order valence-electron chi connectivity index (χ2n) is 3.02. The largest absolute Gasteiger partial charge is 0.477 e. The van der Waals surface area contributed by atoms with Crippen molar-refractivity contribution in [3.63, 3.8) is 0 Å². The third-order valence-corrected chi connectivity index (χ3v) is 2.62. The van der Waals surface area contributed by atoms with Crippen LogP contribution in [-0.2, 0) is 6.42 Å². The predicted octanol–water partition coefficient (Wildman–Crippen LogP) is 1.75. The van der Waals surface area contributed by atoms with Crippen LogP contribution in [0.25, 0.3) is 5.65 Å². The number of carbonyl (C=O) groups is 1. The molecule has 6 heteroatoms. The van der Waals surface area contributed by atoms with Gasteiger partial charge in [0.2, 0.25) is 0 Å². The van der Waals surface area contributed by atoms with Crippen LogP contribution >= 0.6 is 15.9 Å². The summed E-state index contributed by atoms with van der Waals surface area (Å²) in [6.45, 7) is 1.93. The number of fused-ring (bicyclic) bond motifs is 1. The van der Waals surface area contributed by atoms with Gasteiger partial charge >= 0.3 is 5.97 Å². The quantitative estimate of drug-likeness (QED) is 0.902. The van der Waals surface area contributed by atoms with Gasteiger partial charge in [0.25, 0.3) is 0 Å². The second-order valence-corrected chi connectivity index (χ2v) is 3.87. The van der Waals surface area contributed by atoms with Crippen molar-refractivity contribution >= 4 is 27.5 Å². The van der Waals surface area contributed by atoms with Crippen molar-refractivity contribution < 1.29 is 9.90 Å². The van der Waals surface area contributed by atoms with E-state index < -0.39 is 5.97 Å². The molecule has 0 saturated carbocycles. The van der Waals surface area contributed by atoms with Gasteiger partial charge in [0.05, 0.1) is 10.7 Å². The number of carboxylic acids is 1. The van der Waals surface area contributed by atoms with Crippen LogP contribution in [0, 0.1) is 0 Å². The number of carboxylic acid groups (broad SMARTS) is 1. The topological polar surface area (TPSA) is 67.5 Å². The van der Waals surface area contributed by atoms with Crippen LogP contribution in [0.2, 0.25) is 0 Å². The third-order valence-electron chi connectivity index (χ3n) is 2.06. The maximum atomic E-state index is 11.0. The van der Waals surface area contributed by atoms with Gasteiger partial charge in [-0.2, -0.15) is 5.10 Å². The first-order chi connectivity index (χ1) is 7.13. The molecule has 0 aliphatic carbocycles. The first-order valence-corrected chi connectivity index (χ1v) is 5.19. The summed E-state index contributed by atoms with van der Waals surface area (Å²) in [6, 6.07) is 1.54. The average molecular weight is 270 g/mol. The van der Waals surface area contributed by atoms with Crippen LogP contribution in [0.15, 0.2) is 16.7 Å². The average Bonchev–Trinajstić information content (AvgIpc) is 2.59. The van der Waals surface area contributed by atoms with E-state index in [4.69, 9.17) is 5.11 Å². The summed E-state index contributed by atoms with van der Waals surface area (Å²) in [5, 5.41) is 12.9. The molecule has 2 heterocycles. The molecule has 0 amide bonds. The molecule has 0 aliphatic heterocycles. The van der Waals surface area contributed by atoms with E-state index in [1.54, 1.807) is 0 Å². The first-order valence-electron chi connectivity index (χ1n) is 4.40. The van der Waals surface area contributed by atoms with Gasteiger partial charge in [0, 0.05) is 5.69 Å². The summed E-state index contributed by atoms with van der Waals surface area (Å²) in [7, 11) is 0. The van der Waals surface area contributed by atoms with Crippen LogP contribution in [0.1, 0.15) is 23.1 Å². The van der Waals surface area contributed by atoms with Crippen molar-refractivity contribution in [2.24, 2.45) is 0 Å². The van der Waals surface area contributed by atoms with Crippen molar-refractivity contribution in [2.75, 3.05) is 0 Å². The molecule has 15 heavy (non-hydrogen) atoms. The van der Waals surface area contributed by atoms with Gasteiger partial charge in [-0.25, -0.2) is 14.3 Å². The van der Waals surface area contributed by atoms with Gasteiger partial charge < -0.3 is 5.11 Å². The van der Waals surface area contributed by atoms with E-state index in [2.05, 4.69) is 26.0 Å². The molecular weight excluding hydrogens is 262 g/mol. The SMILES string of the molecule is CCc1cc(C(=O)O)n2ncc(Br)c2n1. The Kier molecular flexibility index (Phi) is 2.44. The number of aromatic carboxylic acids is 1. The van der Waals surface area contributed by atoms with E-state index in [-0.39, 0.29) is 5.69 Å².